The number of aromatic nitrogens is 1. The molecule has 1 saturated carbocycles. The number of amides is 1. The molecule has 2 aromatic carbocycles. The number of thiazole rings is 1. The fourth-order valence-electron chi connectivity index (χ4n) is 5.24. The van der Waals surface area contributed by atoms with Gasteiger partial charge in [-0.1, -0.05) is 79.6 Å². The molecule has 8 heteroatoms. The molecule has 1 amide bonds. The number of nitrogens with zero attached hydrogens (tertiary/aromatic N) is 3. The largest absolute Gasteiger partial charge is 0.387 e. The molecule has 0 saturated heterocycles. The molecule has 36 heavy (non-hydrogen) atoms. The van der Waals surface area contributed by atoms with Gasteiger partial charge >= 0.3 is 0 Å². The number of carbonyl (C=O) groups excluding carboxylic acids is 1. The van der Waals surface area contributed by atoms with Crippen LogP contribution in [0.25, 0.3) is 11.3 Å². The van der Waals surface area contributed by atoms with Gasteiger partial charge < -0.3 is 11.1 Å². The van der Waals surface area contributed by atoms with Crippen molar-refractivity contribution < 1.29 is 4.79 Å². The summed E-state index contributed by atoms with van der Waals surface area (Å²) in [5.74, 6) is 0.257. The van der Waals surface area contributed by atoms with Crippen molar-refractivity contribution in [3.63, 3.8) is 0 Å². The van der Waals surface area contributed by atoms with Crippen LogP contribution in [-0.4, -0.2) is 22.5 Å². The molecule has 2 heterocycles. The predicted molar refractivity (Wildman–Crippen MR) is 148 cm³/mol. The number of rotatable bonds is 6. The number of para-hydroxylation sites is 1. The molecule has 3 N–H and O–H groups in total. The van der Waals surface area contributed by atoms with Gasteiger partial charge in [0.1, 0.15) is 15.9 Å². The zero-order chi connectivity index (χ0) is 25.0. The second-order valence-electron chi connectivity index (χ2n) is 9.12. The summed E-state index contributed by atoms with van der Waals surface area (Å²) in [5.41, 5.74) is 9.58. The maximum Gasteiger partial charge on any atom is 0.234 e. The molecule has 0 unspecified atom stereocenters. The van der Waals surface area contributed by atoms with E-state index in [4.69, 9.17) is 15.7 Å². The average Bonchev–Trinajstić information content (AvgIpc) is 3.38. The van der Waals surface area contributed by atoms with Crippen LogP contribution >= 0.6 is 23.1 Å². The average molecular weight is 514 g/mol. The number of thioether (sulfide) groups is 1. The van der Waals surface area contributed by atoms with E-state index >= 15 is 0 Å². The van der Waals surface area contributed by atoms with E-state index in [1.807, 2.05) is 60.7 Å². The SMILES string of the molecule is N#CC1=C(SCC(=O)Nc2ccccc2)N=C(N)[C@H](c2nc(-c3ccccc3)cs2)C12CCCCC2. The van der Waals surface area contributed by atoms with E-state index in [2.05, 4.69) is 16.8 Å². The zero-order valence-corrected chi connectivity index (χ0v) is 21.4. The smallest absolute Gasteiger partial charge is 0.234 e. The quantitative estimate of drug-likeness (QED) is 0.401. The van der Waals surface area contributed by atoms with E-state index in [0.29, 0.717) is 16.4 Å². The van der Waals surface area contributed by atoms with Gasteiger partial charge in [-0.2, -0.15) is 5.26 Å². The van der Waals surface area contributed by atoms with Crippen molar-refractivity contribution >= 4 is 40.5 Å². The first-order valence-electron chi connectivity index (χ1n) is 12.1. The molecule has 1 aromatic heterocycles. The Labute approximate surface area is 219 Å². The summed E-state index contributed by atoms with van der Waals surface area (Å²) in [4.78, 5) is 22.3. The van der Waals surface area contributed by atoms with Gasteiger partial charge in [0.25, 0.3) is 0 Å². The van der Waals surface area contributed by atoms with Gasteiger partial charge in [-0.05, 0) is 25.0 Å². The van der Waals surface area contributed by atoms with Gasteiger partial charge in [0.2, 0.25) is 5.91 Å². The molecule has 1 aliphatic carbocycles. The Kier molecular flexibility index (Phi) is 7.21. The van der Waals surface area contributed by atoms with Crippen LogP contribution in [0, 0.1) is 16.7 Å². The molecule has 0 bridgehead atoms. The van der Waals surface area contributed by atoms with Crippen LogP contribution in [0.2, 0.25) is 0 Å². The second-order valence-corrected chi connectivity index (χ2v) is 11.0. The summed E-state index contributed by atoms with van der Waals surface area (Å²) in [5, 5.41) is 16.8. The minimum Gasteiger partial charge on any atom is -0.387 e. The lowest BCUT2D eigenvalue weighted by molar-refractivity contribution is -0.113. The Hall–Kier alpha value is -3.41. The first kappa shape index (κ1) is 24.3. The van der Waals surface area contributed by atoms with Crippen LogP contribution in [0.5, 0.6) is 0 Å². The Bertz CT molecular complexity index is 1340. The monoisotopic (exact) mass is 513 g/mol. The first-order chi connectivity index (χ1) is 17.6. The van der Waals surface area contributed by atoms with Crippen LogP contribution in [0.1, 0.15) is 43.0 Å². The topological polar surface area (TPSA) is 104 Å². The first-order valence-corrected chi connectivity index (χ1v) is 13.9. The molecule has 182 valence electrons. The van der Waals surface area contributed by atoms with Crippen LogP contribution in [0.4, 0.5) is 5.69 Å². The number of nitrogens with two attached hydrogens (primary N) is 1. The normalized spacial score (nSPS) is 19.0. The highest BCUT2D eigenvalue weighted by Crippen LogP contribution is 2.56. The van der Waals surface area contributed by atoms with Crippen molar-refractivity contribution in [1.29, 1.82) is 5.26 Å². The number of hydrogen-bond acceptors (Lipinski definition) is 7. The standard InChI is InChI=1S/C28H27N5OS2/c29-16-21-26(36-18-23(34)31-20-12-6-2-7-13-20)33-25(30)24(28(21)14-8-3-9-15-28)27-32-22(17-35-27)19-10-4-1-5-11-19/h1-2,4-7,10-13,17,24H,3,8-9,14-15,18H2,(H2,30,33)(H,31,34)/t24-/m1/s1. The maximum atomic E-state index is 12.6. The third-order valence-electron chi connectivity index (χ3n) is 6.88. The number of aliphatic imine (C=N–C) groups is 1. The third kappa shape index (κ3) is 4.81. The summed E-state index contributed by atoms with van der Waals surface area (Å²) in [6.45, 7) is 0. The Morgan fingerprint density at radius 1 is 1.11 bits per heavy atom. The number of allylic oxidation sites excluding steroid dienone is 1. The number of benzene rings is 2. The molecule has 6 nitrogen and oxygen atoms in total. The van der Waals surface area contributed by atoms with Crippen LogP contribution in [-0.2, 0) is 4.79 Å². The summed E-state index contributed by atoms with van der Waals surface area (Å²) >= 11 is 2.87. The lowest BCUT2D eigenvalue weighted by Crippen LogP contribution is -2.43. The summed E-state index contributed by atoms with van der Waals surface area (Å²) < 4.78 is 0. The lowest BCUT2D eigenvalue weighted by Gasteiger charge is -2.44. The van der Waals surface area contributed by atoms with Gasteiger partial charge in [-0.15, -0.1) is 11.3 Å². The second kappa shape index (κ2) is 10.7. The van der Waals surface area contributed by atoms with Gasteiger partial charge in [0.15, 0.2) is 0 Å². The summed E-state index contributed by atoms with van der Waals surface area (Å²) in [6, 6.07) is 21.9. The van der Waals surface area contributed by atoms with Crippen LogP contribution in [0.3, 0.4) is 0 Å². The van der Waals surface area contributed by atoms with E-state index < -0.39 is 5.41 Å². The van der Waals surface area contributed by atoms with Crippen molar-refractivity contribution in [2.24, 2.45) is 16.1 Å². The van der Waals surface area contributed by atoms with Crippen molar-refractivity contribution in [2.45, 2.75) is 38.0 Å². The number of hydrogen-bond donors (Lipinski definition) is 2. The predicted octanol–water partition coefficient (Wildman–Crippen LogP) is 6.32. The summed E-state index contributed by atoms with van der Waals surface area (Å²) in [6.07, 6.45) is 4.91. The molecule has 0 radical (unpaired) electrons. The Morgan fingerprint density at radius 3 is 2.50 bits per heavy atom. The number of nitriles is 1. The van der Waals surface area contributed by atoms with Crippen molar-refractivity contribution in [3.05, 3.63) is 81.7 Å². The minimum atomic E-state index is -0.442. The molecular formula is C28H27N5OS2. The molecule has 2 aliphatic rings. The molecule has 1 spiro atoms. The number of anilines is 1. The van der Waals surface area contributed by atoms with Crippen molar-refractivity contribution in [2.75, 3.05) is 11.1 Å². The Balaban J connectivity index is 1.44. The minimum absolute atomic E-state index is 0.142. The Morgan fingerprint density at radius 2 is 1.81 bits per heavy atom. The molecule has 1 aliphatic heterocycles. The van der Waals surface area contributed by atoms with Crippen molar-refractivity contribution in [1.82, 2.24) is 4.98 Å². The van der Waals surface area contributed by atoms with E-state index in [0.717, 1.165) is 54.1 Å². The molecule has 1 atom stereocenters. The highest BCUT2D eigenvalue weighted by atomic mass is 32.2. The number of amidine groups is 1. The molecule has 1 fully saturated rings. The van der Waals surface area contributed by atoms with E-state index in [1.165, 1.54) is 11.8 Å². The zero-order valence-electron chi connectivity index (χ0n) is 19.8. The lowest BCUT2D eigenvalue weighted by atomic mass is 9.61. The number of nitrogens with one attached hydrogen (secondary N) is 1. The maximum absolute atomic E-state index is 12.6. The van der Waals surface area contributed by atoms with Gasteiger partial charge in [-0.25, -0.2) is 9.98 Å². The third-order valence-corrected chi connectivity index (χ3v) is 8.77. The molecular weight excluding hydrogens is 486 g/mol. The van der Waals surface area contributed by atoms with E-state index in [9.17, 15) is 10.1 Å². The highest BCUT2D eigenvalue weighted by molar-refractivity contribution is 8.03. The highest BCUT2D eigenvalue weighted by Gasteiger charge is 2.50. The molecule has 5 rings (SSSR count). The van der Waals surface area contributed by atoms with E-state index in [1.54, 1.807) is 11.3 Å². The summed E-state index contributed by atoms with van der Waals surface area (Å²) in [7, 11) is 0. The van der Waals surface area contributed by atoms with E-state index in [-0.39, 0.29) is 17.6 Å². The fraction of sp³-hybridized carbons (Fsp3) is 0.286. The molecule has 3 aromatic rings. The van der Waals surface area contributed by atoms with Gasteiger partial charge in [-0.3, -0.25) is 4.79 Å². The van der Waals surface area contributed by atoms with Crippen LogP contribution < -0.4 is 11.1 Å². The van der Waals surface area contributed by atoms with Gasteiger partial charge in [0.05, 0.1) is 29.0 Å². The van der Waals surface area contributed by atoms with Crippen molar-refractivity contribution in [3.8, 4) is 17.3 Å². The fourth-order valence-corrected chi connectivity index (χ4v) is 7.20. The van der Waals surface area contributed by atoms with Gasteiger partial charge in [0, 0.05) is 22.0 Å². The number of carbonyl (C=O) groups is 1. The van der Waals surface area contributed by atoms with Crippen LogP contribution in [0.15, 0.2) is 81.6 Å².